The zero-order valence-electron chi connectivity index (χ0n) is 23.7. The van der Waals surface area contributed by atoms with Gasteiger partial charge in [-0.2, -0.15) is 0 Å². The summed E-state index contributed by atoms with van der Waals surface area (Å²) < 4.78 is 4.81. The molecule has 0 aromatic heterocycles. The zero-order chi connectivity index (χ0) is 29.0. The number of carbonyl (C=O) groups excluding carboxylic acids is 4. The van der Waals surface area contributed by atoms with Gasteiger partial charge in [-0.1, -0.05) is 51.8 Å². The van der Waals surface area contributed by atoms with E-state index in [-0.39, 0.29) is 36.2 Å². The third-order valence-electron chi connectivity index (χ3n) is 7.85. The first-order valence-electron chi connectivity index (χ1n) is 13.5. The standard InChI is InChI=1S/C29H42N4O6/c1-7-19-8-12-29(5,13-9-19)18-30-24(35)22-16-21(34)17-33(22)25(36)23(28(2,3)4)31-27(38)32-14-10-20(11-15-32)26(37)39-6/h1,8-9,12,20-23,34H,10-11,13-18H2,2-6H3,(H,30,35)(H,31,38)/t21-,22+,23-,29?/m1/s1. The Balaban J connectivity index is 1.66. The quantitative estimate of drug-likeness (QED) is 0.346. The molecule has 2 fully saturated rings. The second kappa shape index (κ2) is 12.2. The monoisotopic (exact) mass is 542 g/mol. The number of rotatable bonds is 6. The van der Waals surface area contributed by atoms with Crippen molar-refractivity contribution in [3.63, 3.8) is 0 Å². The maximum absolute atomic E-state index is 13.8. The lowest BCUT2D eigenvalue weighted by molar-refractivity contribution is -0.146. The molecular weight excluding hydrogens is 500 g/mol. The van der Waals surface area contributed by atoms with E-state index < -0.39 is 35.5 Å². The van der Waals surface area contributed by atoms with E-state index in [1.165, 1.54) is 12.0 Å². The highest BCUT2D eigenvalue weighted by atomic mass is 16.5. The van der Waals surface area contributed by atoms with Gasteiger partial charge >= 0.3 is 12.0 Å². The van der Waals surface area contributed by atoms with E-state index in [1.54, 1.807) is 4.90 Å². The molecule has 39 heavy (non-hydrogen) atoms. The number of allylic oxidation sites excluding steroid dienone is 3. The van der Waals surface area contributed by atoms with Gasteiger partial charge in [-0.3, -0.25) is 14.4 Å². The number of esters is 1. The van der Waals surface area contributed by atoms with E-state index in [0.29, 0.717) is 38.9 Å². The number of aliphatic hydroxyl groups is 1. The fourth-order valence-corrected chi connectivity index (χ4v) is 5.24. The molecule has 0 spiro atoms. The smallest absolute Gasteiger partial charge is 0.318 e. The maximum atomic E-state index is 13.8. The Kier molecular flexibility index (Phi) is 9.49. The number of ether oxygens (including phenoxy) is 1. The molecule has 2 saturated heterocycles. The number of terminal acetylenes is 1. The lowest BCUT2D eigenvalue weighted by atomic mass is 9.82. The Morgan fingerprint density at radius 3 is 2.46 bits per heavy atom. The topological polar surface area (TPSA) is 128 Å². The summed E-state index contributed by atoms with van der Waals surface area (Å²) in [6, 6.07) is -2.17. The molecule has 10 nitrogen and oxygen atoms in total. The Labute approximate surface area is 231 Å². The van der Waals surface area contributed by atoms with Crippen LogP contribution in [0.4, 0.5) is 4.79 Å². The Hall–Kier alpha value is -3.32. The van der Waals surface area contributed by atoms with Crippen LogP contribution in [0.5, 0.6) is 0 Å². The maximum Gasteiger partial charge on any atom is 0.318 e. The number of hydrogen-bond donors (Lipinski definition) is 3. The Morgan fingerprint density at radius 1 is 1.26 bits per heavy atom. The highest BCUT2D eigenvalue weighted by Crippen LogP contribution is 2.30. The van der Waals surface area contributed by atoms with Crippen LogP contribution in [0.2, 0.25) is 0 Å². The molecule has 4 amide bonds. The second-order valence-corrected chi connectivity index (χ2v) is 12.1. The highest BCUT2D eigenvalue weighted by molar-refractivity contribution is 5.93. The van der Waals surface area contributed by atoms with Gasteiger partial charge in [-0.25, -0.2) is 4.79 Å². The normalized spacial score (nSPS) is 26.3. The van der Waals surface area contributed by atoms with Crippen LogP contribution in [0.3, 0.4) is 0 Å². The predicted octanol–water partition coefficient (Wildman–Crippen LogP) is 1.60. The molecule has 3 rings (SSSR count). The minimum atomic E-state index is -0.921. The first-order valence-corrected chi connectivity index (χ1v) is 13.5. The summed E-state index contributed by atoms with van der Waals surface area (Å²) in [6.07, 6.45) is 12.2. The van der Waals surface area contributed by atoms with Crippen molar-refractivity contribution < 1.29 is 29.0 Å². The molecule has 10 heteroatoms. The van der Waals surface area contributed by atoms with E-state index in [4.69, 9.17) is 11.2 Å². The van der Waals surface area contributed by atoms with E-state index in [2.05, 4.69) is 16.6 Å². The lowest BCUT2D eigenvalue weighted by Crippen LogP contribution is -2.60. The summed E-state index contributed by atoms with van der Waals surface area (Å²) in [5.41, 5.74) is -0.170. The van der Waals surface area contributed by atoms with Gasteiger partial charge in [-0.05, 0) is 24.7 Å². The average molecular weight is 543 g/mol. The van der Waals surface area contributed by atoms with E-state index in [0.717, 1.165) is 5.57 Å². The SMILES string of the molecule is C#CC1=CCC(C)(CNC(=O)[C@@H]2C[C@@H](O)CN2C(=O)[C@@H](NC(=O)N2CCC(C(=O)OC)CC2)C(C)(C)C)C=C1. The largest absolute Gasteiger partial charge is 0.469 e. The fraction of sp³-hybridized carbons (Fsp3) is 0.655. The van der Waals surface area contributed by atoms with Crippen molar-refractivity contribution in [2.24, 2.45) is 16.7 Å². The molecule has 214 valence electrons. The summed E-state index contributed by atoms with van der Waals surface area (Å²) in [7, 11) is 1.35. The van der Waals surface area contributed by atoms with Crippen molar-refractivity contribution in [2.75, 3.05) is 33.3 Å². The molecule has 0 radical (unpaired) electrons. The van der Waals surface area contributed by atoms with Crippen LogP contribution >= 0.6 is 0 Å². The number of nitrogens with one attached hydrogen (secondary N) is 2. The molecule has 1 unspecified atom stereocenters. The van der Waals surface area contributed by atoms with Crippen LogP contribution < -0.4 is 10.6 Å². The van der Waals surface area contributed by atoms with Crippen molar-refractivity contribution in [1.29, 1.82) is 0 Å². The van der Waals surface area contributed by atoms with Gasteiger partial charge in [0.1, 0.15) is 12.1 Å². The van der Waals surface area contributed by atoms with E-state index in [1.807, 2.05) is 45.9 Å². The van der Waals surface area contributed by atoms with E-state index >= 15 is 0 Å². The summed E-state index contributed by atoms with van der Waals surface area (Å²) >= 11 is 0. The van der Waals surface area contributed by atoms with Gasteiger partial charge in [-0.15, -0.1) is 6.42 Å². The summed E-state index contributed by atoms with van der Waals surface area (Å²) in [5.74, 6) is 1.32. The number of carbonyl (C=O) groups is 4. The molecular formula is C29H42N4O6. The van der Waals surface area contributed by atoms with Crippen LogP contribution in [-0.4, -0.2) is 90.2 Å². The number of aliphatic hydroxyl groups excluding tert-OH is 1. The lowest BCUT2D eigenvalue weighted by Gasteiger charge is -2.38. The molecule has 0 bridgehead atoms. The first-order chi connectivity index (χ1) is 18.3. The van der Waals surface area contributed by atoms with Crippen LogP contribution in [0.15, 0.2) is 23.8 Å². The molecule has 0 aromatic rings. The van der Waals surface area contributed by atoms with Crippen molar-refractivity contribution in [2.45, 2.75) is 71.6 Å². The zero-order valence-corrected chi connectivity index (χ0v) is 23.7. The van der Waals surface area contributed by atoms with Gasteiger partial charge in [0.2, 0.25) is 11.8 Å². The minimum absolute atomic E-state index is 0.00926. The number of nitrogens with zero attached hydrogens (tertiary/aromatic N) is 2. The number of hydrogen-bond acceptors (Lipinski definition) is 6. The van der Waals surface area contributed by atoms with E-state index in [9.17, 15) is 24.3 Å². The number of likely N-dealkylation sites (tertiary alicyclic amines) is 2. The number of piperidine rings is 1. The Bertz CT molecular complexity index is 1060. The first kappa shape index (κ1) is 30.2. The third kappa shape index (κ3) is 7.41. The Morgan fingerprint density at radius 2 is 1.92 bits per heavy atom. The van der Waals surface area contributed by atoms with Crippen LogP contribution in [-0.2, 0) is 19.1 Å². The molecule has 4 atom stereocenters. The molecule has 3 N–H and O–H groups in total. The van der Waals surface area contributed by atoms with Crippen LogP contribution in [0.1, 0.15) is 53.4 Å². The van der Waals surface area contributed by atoms with Crippen molar-refractivity contribution >= 4 is 23.8 Å². The van der Waals surface area contributed by atoms with Crippen molar-refractivity contribution in [1.82, 2.24) is 20.4 Å². The van der Waals surface area contributed by atoms with Crippen molar-refractivity contribution in [3.05, 3.63) is 23.8 Å². The van der Waals surface area contributed by atoms with Gasteiger partial charge in [0.15, 0.2) is 0 Å². The molecule has 2 heterocycles. The molecule has 0 aromatic carbocycles. The summed E-state index contributed by atoms with van der Waals surface area (Å²) in [4.78, 5) is 55.0. The molecule has 3 aliphatic rings. The minimum Gasteiger partial charge on any atom is -0.469 e. The van der Waals surface area contributed by atoms with Crippen LogP contribution in [0.25, 0.3) is 0 Å². The molecule has 0 saturated carbocycles. The summed E-state index contributed by atoms with van der Waals surface area (Å²) in [5, 5.41) is 16.2. The third-order valence-corrected chi connectivity index (χ3v) is 7.85. The predicted molar refractivity (Wildman–Crippen MR) is 146 cm³/mol. The fourth-order valence-electron chi connectivity index (χ4n) is 5.24. The van der Waals surface area contributed by atoms with Gasteiger partial charge in [0.05, 0.1) is 19.1 Å². The highest BCUT2D eigenvalue weighted by Gasteiger charge is 2.45. The second-order valence-electron chi connectivity index (χ2n) is 12.1. The van der Waals surface area contributed by atoms with Gasteiger partial charge in [0.25, 0.3) is 0 Å². The van der Waals surface area contributed by atoms with Crippen molar-refractivity contribution in [3.8, 4) is 12.3 Å². The molecule has 1 aliphatic carbocycles. The molecule has 2 aliphatic heterocycles. The van der Waals surface area contributed by atoms with Crippen LogP contribution in [0, 0.1) is 29.1 Å². The van der Waals surface area contributed by atoms with Gasteiger partial charge in [0, 0.05) is 43.6 Å². The number of methoxy groups -OCH3 is 1. The number of amides is 4. The number of urea groups is 1. The number of β-amino-alcohol motifs (C(OH)–C–C–N with tert-alkyl or cyclic N) is 1. The average Bonchev–Trinajstić information content (AvgIpc) is 3.31. The van der Waals surface area contributed by atoms with Gasteiger partial charge < -0.3 is 30.3 Å². The summed E-state index contributed by atoms with van der Waals surface area (Å²) in [6.45, 7) is 8.64.